The zero-order chi connectivity index (χ0) is 47.1. The fourth-order valence-corrected chi connectivity index (χ4v) is 9.34. The number of hydrogen-bond donors (Lipinski definition) is 0. The van der Waals surface area contributed by atoms with Crippen LogP contribution in [0.1, 0.15) is 121 Å². The number of halogens is 1. The highest BCUT2D eigenvalue weighted by atomic mass is 35.5. The van der Waals surface area contributed by atoms with E-state index in [1.165, 1.54) is 66.8 Å². The minimum atomic E-state index is -0.407. The molecule has 0 N–H and O–H groups in total. The monoisotopic (exact) mass is 906 g/mol. The number of aromatic nitrogens is 2. The first kappa shape index (κ1) is 48.4. The van der Waals surface area contributed by atoms with E-state index in [0.29, 0.717) is 33.7 Å². The Balaban J connectivity index is 0.000000184. The van der Waals surface area contributed by atoms with Gasteiger partial charge >= 0.3 is 0 Å². The van der Waals surface area contributed by atoms with Crippen molar-refractivity contribution in [2.45, 2.75) is 92.2 Å². The third kappa shape index (κ3) is 11.7. The average Bonchev–Trinajstić information content (AvgIpc) is 3.87. The van der Waals surface area contributed by atoms with Gasteiger partial charge in [0.25, 0.3) is 5.24 Å². The lowest BCUT2D eigenvalue weighted by atomic mass is 9.99. The number of ketones is 2. The Labute approximate surface area is 401 Å². The van der Waals surface area contributed by atoms with Crippen molar-refractivity contribution in [3.63, 3.8) is 0 Å². The minimum absolute atomic E-state index is 0.00861. The van der Waals surface area contributed by atoms with E-state index < -0.39 is 5.24 Å². The molecule has 0 fully saturated rings. The van der Waals surface area contributed by atoms with Crippen molar-refractivity contribution in [3.05, 3.63) is 204 Å². The van der Waals surface area contributed by atoms with E-state index in [0.717, 1.165) is 47.2 Å². The molecular formula is C61H63ClN2O3. The molecule has 2 atom stereocenters. The largest absolute Gasteiger partial charge is 0.340 e. The molecule has 0 saturated carbocycles. The van der Waals surface area contributed by atoms with Gasteiger partial charge in [0, 0.05) is 84.5 Å². The number of fused-ring (bicyclic) bond motifs is 6. The fourth-order valence-electron chi connectivity index (χ4n) is 9.22. The van der Waals surface area contributed by atoms with Crippen molar-refractivity contribution < 1.29 is 14.4 Å². The predicted octanol–water partition coefficient (Wildman–Crippen LogP) is 16.5. The summed E-state index contributed by atoms with van der Waals surface area (Å²) in [6.45, 7) is 11.2. The summed E-state index contributed by atoms with van der Waals surface area (Å²) in [5.74, 6) is 1.38. The van der Waals surface area contributed by atoms with Crippen LogP contribution in [0.15, 0.2) is 176 Å². The van der Waals surface area contributed by atoms with Crippen LogP contribution in [-0.4, -0.2) is 25.9 Å². The van der Waals surface area contributed by atoms with Gasteiger partial charge in [0.15, 0.2) is 11.6 Å². The molecule has 342 valence electrons. The average molecular weight is 908 g/mol. The Morgan fingerprint density at radius 1 is 0.403 bits per heavy atom. The maximum Gasteiger partial charge on any atom is 0.252 e. The molecule has 0 aliphatic heterocycles. The van der Waals surface area contributed by atoms with Gasteiger partial charge in [-0.05, 0) is 84.8 Å². The molecule has 0 aliphatic carbocycles. The first-order valence-electron chi connectivity index (χ1n) is 24.2. The Kier molecular flexibility index (Phi) is 17.2. The molecule has 2 unspecified atom stereocenters. The summed E-state index contributed by atoms with van der Waals surface area (Å²) in [6, 6.07) is 57.2. The third-order valence-electron chi connectivity index (χ3n) is 13.1. The van der Waals surface area contributed by atoms with Gasteiger partial charge in [-0.3, -0.25) is 14.4 Å². The maximum absolute atomic E-state index is 13.3. The lowest BCUT2D eigenvalue weighted by Crippen LogP contribution is -2.10. The summed E-state index contributed by atoms with van der Waals surface area (Å²) < 4.78 is 4.93. The topological polar surface area (TPSA) is 61.1 Å². The smallest absolute Gasteiger partial charge is 0.252 e. The van der Waals surface area contributed by atoms with E-state index in [1.54, 1.807) is 24.3 Å². The van der Waals surface area contributed by atoms with E-state index >= 15 is 0 Å². The van der Waals surface area contributed by atoms with E-state index in [9.17, 15) is 14.4 Å². The van der Waals surface area contributed by atoms with Crippen LogP contribution in [0.2, 0.25) is 0 Å². The number of unbranched alkanes of at least 4 members (excludes halogenated alkanes) is 2. The molecule has 7 aromatic carbocycles. The lowest BCUT2D eigenvalue weighted by molar-refractivity contribution is 0.103. The number of hydrogen-bond acceptors (Lipinski definition) is 3. The number of nitrogens with zero attached hydrogens (tertiary/aromatic N) is 2. The first-order chi connectivity index (χ1) is 32.8. The van der Waals surface area contributed by atoms with Gasteiger partial charge in [0.1, 0.15) is 0 Å². The Bertz CT molecular complexity index is 2880. The summed E-state index contributed by atoms with van der Waals surface area (Å²) in [4.78, 5) is 37.0. The first-order valence-corrected chi connectivity index (χ1v) is 24.6. The number of benzene rings is 7. The third-order valence-corrected chi connectivity index (χ3v) is 13.3. The second-order valence-corrected chi connectivity index (χ2v) is 17.9. The van der Waals surface area contributed by atoms with Crippen molar-refractivity contribution >= 4 is 72.0 Å². The molecule has 67 heavy (non-hydrogen) atoms. The molecule has 9 aromatic rings. The molecule has 0 saturated heterocycles. The van der Waals surface area contributed by atoms with Gasteiger partial charge in [-0.15, -0.1) is 0 Å². The highest BCUT2D eigenvalue weighted by molar-refractivity contribution is 6.67. The summed E-state index contributed by atoms with van der Waals surface area (Å²) in [5.41, 5.74) is 8.21. The van der Waals surface area contributed by atoms with Crippen LogP contribution in [-0.2, 0) is 13.1 Å². The van der Waals surface area contributed by atoms with Gasteiger partial charge in [0.2, 0.25) is 0 Å². The molecule has 0 amide bonds. The zero-order valence-electron chi connectivity index (χ0n) is 39.5. The van der Waals surface area contributed by atoms with E-state index in [-0.39, 0.29) is 11.6 Å². The number of carbonyl (C=O) groups excluding carboxylic acids is 3. The SMILES string of the molecule is CCCCC(CC)Cn1c2ccc(C(=O)c3ccccc3)cc2c2cc(C(=O)c3ccccc3)ccc21.CCCCC(CC)Cn1c2ccccc2c2ccccc21.O=C(Cl)c1ccccc1. The molecule has 2 heterocycles. The Morgan fingerprint density at radius 3 is 1.09 bits per heavy atom. The summed E-state index contributed by atoms with van der Waals surface area (Å²) in [5, 5.41) is 4.40. The van der Waals surface area contributed by atoms with Crippen LogP contribution >= 0.6 is 11.6 Å². The normalized spacial score (nSPS) is 12.0. The number of para-hydroxylation sites is 2. The molecule has 0 aliphatic rings. The number of carbonyl (C=O) groups is 3. The standard InChI is InChI=1S/C34H33NO2.C20H25N.C7H5ClO/c1-3-5-12-24(4-2)23-35-31-19-17-27(33(36)25-13-8-6-9-14-25)21-29(31)30-22-28(18-20-32(30)35)34(37)26-15-10-7-11-16-26;1-3-5-10-16(4-2)15-21-19-13-8-6-11-17(19)18-12-7-9-14-20(18)21;8-7(9)6-4-2-1-3-5-6/h6-11,13-22,24H,3-5,12,23H2,1-2H3;6-9,11-14,16H,3-5,10,15H2,1-2H3;1-5H. The Hall–Kier alpha value is -6.56. The van der Waals surface area contributed by atoms with Crippen molar-refractivity contribution in [2.75, 3.05) is 0 Å². The van der Waals surface area contributed by atoms with Crippen LogP contribution in [0.25, 0.3) is 43.6 Å². The predicted molar refractivity (Wildman–Crippen MR) is 282 cm³/mol. The lowest BCUT2D eigenvalue weighted by Gasteiger charge is -2.17. The summed E-state index contributed by atoms with van der Waals surface area (Å²) in [7, 11) is 0. The van der Waals surface area contributed by atoms with Gasteiger partial charge in [-0.2, -0.15) is 0 Å². The van der Waals surface area contributed by atoms with Crippen LogP contribution in [0.5, 0.6) is 0 Å². The summed E-state index contributed by atoms with van der Waals surface area (Å²) >= 11 is 5.16. The van der Waals surface area contributed by atoms with Crippen LogP contribution in [0, 0.1) is 11.8 Å². The second kappa shape index (κ2) is 23.8. The van der Waals surface area contributed by atoms with Gasteiger partial charge in [0.05, 0.1) is 0 Å². The molecule has 5 nitrogen and oxygen atoms in total. The van der Waals surface area contributed by atoms with Crippen LogP contribution in [0.3, 0.4) is 0 Å². The van der Waals surface area contributed by atoms with Gasteiger partial charge in [-0.1, -0.05) is 194 Å². The van der Waals surface area contributed by atoms with E-state index in [4.69, 9.17) is 11.6 Å². The van der Waals surface area contributed by atoms with Crippen molar-refractivity contribution in [3.8, 4) is 0 Å². The van der Waals surface area contributed by atoms with Crippen molar-refractivity contribution in [1.29, 1.82) is 0 Å². The highest BCUT2D eigenvalue weighted by Gasteiger charge is 2.20. The van der Waals surface area contributed by atoms with Crippen molar-refractivity contribution in [2.24, 2.45) is 11.8 Å². The fraction of sp³-hybridized carbons (Fsp3) is 0.262. The quantitative estimate of drug-likeness (QED) is 0.0675. The zero-order valence-corrected chi connectivity index (χ0v) is 40.2. The van der Waals surface area contributed by atoms with Crippen LogP contribution < -0.4 is 0 Å². The molecule has 2 aromatic heterocycles. The van der Waals surface area contributed by atoms with Gasteiger partial charge in [-0.25, -0.2) is 0 Å². The molecule has 0 bridgehead atoms. The molecular weight excluding hydrogens is 844 g/mol. The van der Waals surface area contributed by atoms with Crippen LogP contribution in [0.4, 0.5) is 0 Å². The molecule has 0 spiro atoms. The van der Waals surface area contributed by atoms with Gasteiger partial charge < -0.3 is 9.13 Å². The van der Waals surface area contributed by atoms with E-state index in [1.807, 2.05) is 91.0 Å². The van der Waals surface area contributed by atoms with Crippen molar-refractivity contribution in [1.82, 2.24) is 9.13 Å². The molecule has 0 radical (unpaired) electrons. The second-order valence-electron chi connectivity index (χ2n) is 17.6. The maximum atomic E-state index is 13.3. The molecule has 9 rings (SSSR count). The highest BCUT2D eigenvalue weighted by Crippen LogP contribution is 2.34. The molecule has 6 heteroatoms. The van der Waals surface area contributed by atoms with E-state index in [2.05, 4.69) is 97.5 Å². The minimum Gasteiger partial charge on any atom is -0.340 e. The summed E-state index contributed by atoms with van der Waals surface area (Å²) in [6.07, 6.45) is 9.98. The number of rotatable bonds is 17. The Morgan fingerprint density at radius 2 is 0.746 bits per heavy atom.